The van der Waals surface area contributed by atoms with Crippen molar-refractivity contribution >= 4 is 24.8 Å². The van der Waals surface area contributed by atoms with Gasteiger partial charge in [0.2, 0.25) is 0 Å². The minimum atomic E-state index is 0. The van der Waals surface area contributed by atoms with Gasteiger partial charge in [0.05, 0.1) is 0 Å². The van der Waals surface area contributed by atoms with E-state index in [4.69, 9.17) is 0 Å². The number of piperidine rings is 3. The van der Waals surface area contributed by atoms with Crippen molar-refractivity contribution in [2.24, 2.45) is 5.92 Å². The number of hydrogen-bond donors (Lipinski definition) is 1. The Kier molecular flexibility index (Phi) is 6.31. The predicted octanol–water partition coefficient (Wildman–Crippen LogP) is 1.53. The molecule has 3 aliphatic heterocycles. The van der Waals surface area contributed by atoms with Gasteiger partial charge < -0.3 is 10.2 Å². The van der Waals surface area contributed by atoms with E-state index < -0.39 is 0 Å². The average Bonchev–Trinajstić information content (AvgIpc) is 2.07. The summed E-state index contributed by atoms with van der Waals surface area (Å²) < 4.78 is 0. The smallest absolute Gasteiger partial charge is 0.0224 e. The van der Waals surface area contributed by atoms with Gasteiger partial charge in [-0.15, -0.1) is 24.8 Å². The fourth-order valence-electron chi connectivity index (χ4n) is 2.46. The molecule has 2 nitrogen and oxygen atoms in total. The van der Waals surface area contributed by atoms with Gasteiger partial charge in [0.1, 0.15) is 0 Å². The number of nitrogens with zero attached hydrogens (tertiary/aromatic N) is 1. The third-order valence-corrected chi connectivity index (χ3v) is 3.12. The molecule has 3 heterocycles. The SMILES string of the molecule is CCN[C@@H]1CN2CCC1CC2.Cl.Cl. The Bertz CT molecular complexity index is 136. The molecule has 3 saturated heterocycles. The number of halogens is 2. The molecule has 1 N–H and O–H groups in total. The zero-order valence-electron chi connectivity index (χ0n) is 8.16. The van der Waals surface area contributed by atoms with Crippen molar-refractivity contribution in [2.75, 3.05) is 26.2 Å². The van der Waals surface area contributed by atoms with Crippen molar-refractivity contribution < 1.29 is 0 Å². The van der Waals surface area contributed by atoms with Crippen molar-refractivity contribution in [3.63, 3.8) is 0 Å². The second-order valence-corrected chi connectivity index (χ2v) is 3.80. The third kappa shape index (κ3) is 2.98. The summed E-state index contributed by atoms with van der Waals surface area (Å²) >= 11 is 0. The molecule has 0 spiro atoms. The Morgan fingerprint density at radius 1 is 1.23 bits per heavy atom. The molecule has 2 bridgehead atoms. The monoisotopic (exact) mass is 226 g/mol. The number of fused-ring (bicyclic) bond motifs is 3. The van der Waals surface area contributed by atoms with E-state index in [1.54, 1.807) is 0 Å². The van der Waals surface area contributed by atoms with Gasteiger partial charge >= 0.3 is 0 Å². The summed E-state index contributed by atoms with van der Waals surface area (Å²) in [6.07, 6.45) is 2.86. The molecule has 0 amide bonds. The van der Waals surface area contributed by atoms with Crippen LogP contribution in [0.3, 0.4) is 0 Å². The molecule has 0 aliphatic carbocycles. The summed E-state index contributed by atoms with van der Waals surface area (Å²) in [6.45, 7) is 7.35. The minimum absolute atomic E-state index is 0. The molecule has 0 radical (unpaired) electrons. The Hall–Kier alpha value is 0.500. The molecule has 1 atom stereocenters. The summed E-state index contributed by atoms with van der Waals surface area (Å²) in [5.74, 6) is 0.986. The second kappa shape index (κ2) is 6.07. The fourth-order valence-corrected chi connectivity index (χ4v) is 2.46. The van der Waals surface area contributed by atoms with Gasteiger partial charge in [0.15, 0.2) is 0 Å². The lowest BCUT2D eigenvalue weighted by Gasteiger charge is -2.45. The molecule has 3 rings (SSSR count). The number of likely N-dealkylation sites (N-methyl/N-ethyl adjacent to an activating group) is 1. The van der Waals surface area contributed by atoms with Crippen LogP contribution in [0, 0.1) is 5.92 Å². The fraction of sp³-hybridized carbons (Fsp3) is 1.00. The molecule has 0 aromatic heterocycles. The lowest BCUT2D eigenvalue weighted by atomic mass is 9.84. The van der Waals surface area contributed by atoms with Gasteiger partial charge in [-0.1, -0.05) is 6.92 Å². The highest BCUT2D eigenvalue weighted by atomic mass is 35.5. The number of nitrogens with one attached hydrogen (secondary N) is 1. The first kappa shape index (κ1) is 13.5. The van der Waals surface area contributed by atoms with Gasteiger partial charge in [0.25, 0.3) is 0 Å². The lowest BCUT2D eigenvalue weighted by Crippen LogP contribution is -2.55. The Balaban J connectivity index is 0.000000720. The highest BCUT2D eigenvalue weighted by molar-refractivity contribution is 5.85. The Morgan fingerprint density at radius 2 is 1.85 bits per heavy atom. The molecule has 0 saturated carbocycles. The van der Waals surface area contributed by atoms with Crippen LogP contribution in [0.4, 0.5) is 0 Å². The van der Waals surface area contributed by atoms with Crippen LogP contribution >= 0.6 is 24.8 Å². The van der Waals surface area contributed by atoms with Crippen LogP contribution in [0.5, 0.6) is 0 Å². The minimum Gasteiger partial charge on any atom is -0.313 e. The van der Waals surface area contributed by atoms with E-state index in [-0.39, 0.29) is 24.8 Å². The Morgan fingerprint density at radius 3 is 2.23 bits per heavy atom. The topological polar surface area (TPSA) is 15.3 Å². The maximum Gasteiger partial charge on any atom is 0.0224 e. The zero-order chi connectivity index (χ0) is 7.68. The van der Waals surface area contributed by atoms with Crippen molar-refractivity contribution in [2.45, 2.75) is 25.8 Å². The lowest BCUT2D eigenvalue weighted by molar-refractivity contribution is 0.0737. The summed E-state index contributed by atoms with van der Waals surface area (Å²) in [5, 5.41) is 3.57. The van der Waals surface area contributed by atoms with Crippen molar-refractivity contribution in [3.05, 3.63) is 0 Å². The van der Waals surface area contributed by atoms with Gasteiger partial charge in [-0.3, -0.25) is 0 Å². The van der Waals surface area contributed by atoms with E-state index in [2.05, 4.69) is 17.1 Å². The van der Waals surface area contributed by atoms with Crippen molar-refractivity contribution in [1.29, 1.82) is 0 Å². The summed E-state index contributed by atoms with van der Waals surface area (Å²) in [5.41, 5.74) is 0. The standard InChI is InChI=1S/C9H18N2.2ClH/c1-2-10-9-7-11-5-3-8(9)4-6-11;;/h8-10H,2-7H2,1H3;2*1H/t9-;;/m1../s1. The maximum atomic E-state index is 3.57. The van der Waals surface area contributed by atoms with Gasteiger partial charge in [0, 0.05) is 12.6 Å². The van der Waals surface area contributed by atoms with Crippen LogP contribution in [0.2, 0.25) is 0 Å². The normalized spacial score (nSPS) is 36.2. The quantitative estimate of drug-likeness (QED) is 0.769. The molecular weight excluding hydrogens is 207 g/mol. The average molecular weight is 227 g/mol. The van der Waals surface area contributed by atoms with Crippen LogP contribution in [0.15, 0.2) is 0 Å². The molecule has 80 valence electrons. The van der Waals surface area contributed by atoms with E-state index in [9.17, 15) is 0 Å². The summed E-state index contributed by atoms with van der Waals surface area (Å²) in [6, 6.07) is 0.808. The molecular formula is C9H20Cl2N2. The van der Waals surface area contributed by atoms with Crippen LogP contribution in [0.1, 0.15) is 19.8 Å². The predicted molar refractivity (Wildman–Crippen MR) is 61.1 cm³/mol. The van der Waals surface area contributed by atoms with E-state index in [0.717, 1.165) is 18.5 Å². The maximum absolute atomic E-state index is 3.57. The first-order chi connectivity index (χ1) is 5.40. The molecule has 0 aromatic carbocycles. The molecule has 3 fully saturated rings. The van der Waals surface area contributed by atoms with E-state index in [1.165, 1.54) is 32.5 Å². The van der Waals surface area contributed by atoms with E-state index >= 15 is 0 Å². The van der Waals surface area contributed by atoms with Gasteiger partial charge in [-0.2, -0.15) is 0 Å². The molecule has 13 heavy (non-hydrogen) atoms. The van der Waals surface area contributed by atoms with Crippen molar-refractivity contribution in [1.82, 2.24) is 10.2 Å². The van der Waals surface area contributed by atoms with Crippen LogP contribution in [-0.4, -0.2) is 37.1 Å². The highest BCUT2D eigenvalue weighted by Gasteiger charge is 2.32. The number of rotatable bonds is 2. The first-order valence-electron chi connectivity index (χ1n) is 4.86. The third-order valence-electron chi connectivity index (χ3n) is 3.12. The van der Waals surface area contributed by atoms with Gasteiger partial charge in [-0.05, 0) is 38.4 Å². The van der Waals surface area contributed by atoms with E-state index in [0.29, 0.717) is 0 Å². The molecule has 0 unspecified atom stereocenters. The summed E-state index contributed by atoms with van der Waals surface area (Å²) in [4.78, 5) is 2.59. The van der Waals surface area contributed by atoms with Gasteiger partial charge in [-0.25, -0.2) is 0 Å². The Labute approximate surface area is 93.3 Å². The second-order valence-electron chi connectivity index (χ2n) is 3.80. The molecule has 0 aromatic rings. The summed E-state index contributed by atoms with van der Waals surface area (Å²) in [7, 11) is 0. The zero-order valence-corrected chi connectivity index (χ0v) is 9.79. The highest BCUT2D eigenvalue weighted by Crippen LogP contribution is 2.27. The first-order valence-corrected chi connectivity index (χ1v) is 4.86. The largest absolute Gasteiger partial charge is 0.313 e. The number of hydrogen-bond acceptors (Lipinski definition) is 2. The van der Waals surface area contributed by atoms with Crippen LogP contribution < -0.4 is 5.32 Å². The van der Waals surface area contributed by atoms with Crippen LogP contribution in [-0.2, 0) is 0 Å². The molecule has 4 heteroatoms. The van der Waals surface area contributed by atoms with Crippen LogP contribution in [0.25, 0.3) is 0 Å². The van der Waals surface area contributed by atoms with Crippen molar-refractivity contribution in [3.8, 4) is 0 Å². The molecule has 3 aliphatic rings. The van der Waals surface area contributed by atoms with E-state index in [1.807, 2.05) is 0 Å².